The summed E-state index contributed by atoms with van der Waals surface area (Å²) in [5, 5.41) is 3.58. The van der Waals surface area contributed by atoms with Crippen molar-refractivity contribution in [1.82, 2.24) is 5.32 Å². The summed E-state index contributed by atoms with van der Waals surface area (Å²) in [5.74, 6) is 0. The SMILES string of the molecule is CCCCCCNC1CC=CC1. The fourth-order valence-electron chi connectivity index (χ4n) is 1.64. The van der Waals surface area contributed by atoms with Crippen molar-refractivity contribution in [1.29, 1.82) is 0 Å². The molecule has 0 amide bonds. The van der Waals surface area contributed by atoms with Crippen molar-refractivity contribution in [2.75, 3.05) is 6.54 Å². The van der Waals surface area contributed by atoms with Gasteiger partial charge in [0.25, 0.3) is 0 Å². The number of hydrogen-bond acceptors (Lipinski definition) is 1. The molecular weight excluding hydrogens is 146 g/mol. The molecule has 0 aromatic carbocycles. The second-order valence-electron chi connectivity index (χ2n) is 3.65. The van der Waals surface area contributed by atoms with Gasteiger partial charge in [0.05, 0.1) is 0 Å². The molecule has 12 heavy (non-hydrogen) atoms. The van der Waals surface area contributed by atoms with Crippen LogP contribution in [0.15, 0.2) is 12.2 Å². The average Bonchev–Trinajstić information content (AvgIpc) is 2.57. The van der Waals surface area contributed by atoms with Crippen LogP contribution in [0.5, 0.6) is 0 Å². The van der Waals surface area contributed by atoms with E-state index in [1.54, 1.807) is 0 Å². The standard InChI is InChI=1S/C11H21N/c1-2-3-4-7-10-12-11-8-5-6-9-11/h5-6,11-12H,2-4,7-10H2,1H3. The van der Waals surface area contributed by atoms with Crippen molar-refractivity contribution in [3.8, 4) is 0 Å². The van der Waals surface area contributed by atoms with Crippen LogP contribution in [0.4, 0.5) is 0 Å². The molecule has 0 bridgehead atoms. The molecule has 0 aromatic heterocycles. The van der Waals surface area contributed by atoms with Gasteiger partial charge < -0.3 is 5.32 Å². The first-order chi connectivity index (χ1) is 5.93. The molecule has 0 radical (unpaired) electrons. The van der Waals surface area contributed by atoms with Gasteiger partial charge in [-0.25, -0.2) is 0 Å². The largest absolute Gasteiger partial charge is 0.313 e. The van der Waals surface area contributed by atoms with Gasteiger partial charge >= 0.3 is 0 Å². The Labute approximate surface area is 76.2 Å². The lowest BCUT2D eigenvalue weighted by atomic mass is 10.2. The minimum Gasteiger partial charge on any atom is -0.313 e. The number of nitrogens with one attached hydrogen (secondary N) is 1. The molecule has 1 N–H and O–H groups in total. The summed E-state index contributed by atoms with van der Waals surface area (Å²) in [5.41, 5.74) is 0. The molecule has 1 aliphatic rings. The van der Waals surface area contributed by atoms with Crippen LogP contribution in [0, 0.1) is 0 Å². The molecule has 0 aliphatic heterocycles. The highest BCUT2D eigenvalue weighted by Crippen LogP contribution is 2.09. The van der Waals surface area contributed by atoms with E-state index in [-0.39, 0.29) is 0 Å². The average molecular weight is 167 g/mol. The van der Waals surface area contributed by atoms with Gasteiger partial charge in [0, 0.05) is 6.04 Å². The lowest BCUT2D eigenvalue weighted by Crippen LogP contribution is -2.27. The molecule has 0 saturated carbocycles. The monoisotopic (exact) mass is 167 g/mol. The first kappa shape index (κ1) is 9.79. The Bertz CT molecular complexity index is 121. The third-order valence-electron chi connectivity index (χ3n) is 2.47. The molecule has 1 heteroatoms. The van der Waals surface area contributed by atoms with Crippen LogP contribution in [0.1, 0.15) is 45.4 Å². The zero-order chi connectivity index (χ0) is 8.65. The van der Waals surface area contributed by atoms with E-state index in [2.05, 4.69) is 24.4 Å². The Kier molecular flexibility index (Phi) is 5.09. The number of hydrogen-bond donors (Lipinski definition) is 1. The maximum atomic E-state index is 3.58. The molecular formula is C11H21N. The van der Waals surface area contributed by atoms with Gasteiger partial charge in [0.15, 0.2) is 0 Å². The predicted octanol–water partition coefficient (Wildman–Crippen LogP) is 2.87. The van der Waals surface area contributed by atoms with Gasteiger partial charge in [-0.1, -0.05) is 38.3 Å². The van der Waals surface area contributed by atoms with Gasteiger partial charge in [-0.2, -0.15) is 0 Å². The van der Waals surface area contributed by atoms with E-state index in [1.165, 1.54) is 45.1 Å². The Balaban J connectivity index is 1.82. The lowest BCUT2D eigenvalue weighted by Gasteiger charge is -2.10. The van der Waals surface area contributed by atoms with E-state index < -0.39 is 0 Å². The van der Waals surface area contributed by atoms with E-state index in [0.717, 1.165) is 6.04 Å². The molecule has 0 atom stereocenters. The van der Waals surface area contributed by atoms with Crippen molar-refractivity contribution >= 4 is 0 Å². The number of rotatable bonds is 6. The molecule has 0 unspecified atom stereocenters. The summed E-state index contributed by atoms with van der Waals surface area (Å²) in [6, 6.07) is 0.756. The zero-order valence-corrected chi connectivity index (χ0v) is 8.18. The fourth-order valence-corrected chi connectivity index (χ4v) is 1.64. The summed E-state index contributed by atoms with van der Waals surface area (Å²) in [7, 11) is 0. The minimum absolute atomic E-state index is 0.756. The molecule has 0 heterocycles. The molecule has 1 rings (SSSR count). The second kappa shape index (κ2) is 6.24. The Morgan fingerprint density at radius 3 is 2.58 bits per heavy atom. The molecule has 0 fully saturated rings. The van der Waals surface area contributed by atoms with E-state index in [9.17, 15) is 0 Å². The van der Waals surface area contributed by atoms with Crippen molar-refractivity contribution in [2.45, 2.75) is 51.5 Å². The third-order valence-corrected chi connectivity index (χ3v) is 2.47. The van der Waals surface area contributed by atoms with E-state index >= 15 is 0 Å². The van der Waals surface area contributed by atoms with E-state index in [1.807, 2.05) is 0 Å². The van der Waals surface area contributed by atoms with Crippen LogP contribution in [0.3, 0.4) is 0 Å². The Morgan fingerprint density at radius 1 is 1.17 bits per heavy atom. The normalized spacial score (nSPS) is 17.4. The summed E-state index contributed by atoms with van der Waals surface area (Å²) in [6.07, 6.45) is 12.5. The van der Waals surface area contributed by atoms with Crippen LogP contribution < -0.4 is 5.32 Å². The van der Waals surface area contributed by atoms with Gasteiger partial charge in [0.1, 0.15) is 0 Å². The molecule has 0 aromatic rings. The summed E-state index contributed by atoms with van der Waals surface area (Å²) < 4.78 is 0. The van der Waals surface area contributed by atoms with Crippen molar-refractivity contribution in [2.24, 2.45) is 0 Å². The summed E-state index contributed by atoms with van der Waals surface area (Å²) >= 11 is 0. The maximum Gasteiger partial charge on any atom is 0.0136 e. The maximum absolute atomic E-state index is 3.58. The smallest absolute Gasteiger partial charge is 0.0136 e. The highest BCUT2D eigenvalue weighted by atomic mass is 14.9. The minimum atomic E-state index is 0.756. The van der Waals surface area contributed by atoms with E-state index in [0.29, 0.717) is 0 Å². The van der Waals surface area contributed by atoms with Gasteiger partial charge in [0.2, 0.25) is 0 Å². The quantitative estimate of drug-likeness (QED) is 0.474. The zero-order valence-electron chi connectivity index (χ0n) is 8.18. The topological polar surface area (TPSA) is 12.0 Å². The summed E-state index contributed by atoms with van der Waals surface area (Å²) in [4.78, 5) is 0. The highest BCUT2D eigenvalue weighted by Gasteiger charge is 2.07. The van der Waals surface area contributed by atoms with Crippen molar-refractivity contribution in [3.05, 3.63) is 12.2 Å². The predicted molar refractivity (Wildman–Crippen MR) is 54.3 cm³/mol. The van der Waals surface area contributed by atoms with Crippen LogP contribution >= 0.6 is 0 Å². The van der Waals surface area contributed by atoms with E-state index in [4.69, 9.17) is 0 Å². The van der Waals surface area contributed by atoms with Crippen LogP contribution in [0.2, 0.25) is 0 Å². The third kappa shape index (κ3) is 3.91. The number of unbranched alkanes of at least 4 members (excludes halogenated alkanes) is 3. The molecule has 70 valence electrons. The van der Waals surface area contributed by atoms with Gasteiger partial charge in [-0.05, 0) is 25.8 Å². The molecule has 1 nitrogen and oxygen atoms in total. The van der Waals surface area contributed by atoms with Crippen LogP contribution in [0.25, 0.3) is 0 Å². The van der Waals surface area contributed by atoms with Crippen LogP contribution in [-0.2, 0) is 0 Å². The lowest BCUT2D eigenvalue weighted by molar-refractivity contribution is 0.512. The van der Waals surface area contributed by atoms with Gasteiger partial charge in [-0.3, -0.25) is 0 Å². The first-order valence-electron chi connectivity index (χ1n) is 5.32. The Morgan fingerprint density at radius 2 is 1.92 bits per heavy atom. The Hall–Kier alpha value is -0.300. The first-order valence-corrected chi connectivity index (χ1v) is 5.32. The molecule has 1 aliphatic carbocycles. The second-order valence-corrected chi connectivity index (χ2v) is 3.65. The van der Waals surface area contributed by atoms with Crippen LogP contribution in [-0.4, -0.2) is 12.6 Å². The molecule has 0 saturated heterocycles. The summed E-state index contributed by atoms with van der Waals surface area (Å²) in [6.45, 7) is 3.47. The van der Waals surface area contributed by atoms with Crippen molar-refractivity contribution in [3.63, 3.8) is 0 Å². The van der Waals surface area contributed by atoms with Gasteiger partial charge in [-0.15, -0.1) is 0 Å². The fraction of sp³-hybridized carbons (Fsp3) is 0.818. The highest BCUT2D eigenvalue weighted by molar-refractivity contribution is 4.97. The van der Waals surface area contributed by atoms with Crippen molar-refractivity contribution < 1.29 is 0 Å². The molecule has 0 spiro atoms.